The molecular weight excluding hydrogens is 292 g/mol. The van der Waals surface area contributed by atoms with Crippen molar-refractivity contribution in [2.24, 2.45) is 0 Å². The van der Waals surface area contributed by atoms with E-state index in [4.69, 9.17) is 4.98 Å². The van der Waals surface area contributed by atoms with Gasteiger partial charge in [0.15, 0.2) is 0 Å². The Kier molecular flexibility index (Phi) is 3.60. The fourth-order valence-corrected chi connectivity index (χ4v) is 4.07. The van der Waals surface area contributed by atoms with Crippen LogP contribution in [0.4, 0.5) is 0 Å². The molecule has 0 radical (unpaired) electrons. The number of likely N-dealkylation sites (tertiary alicyclic amines) is 1. The summed E-state index contributed by atoms with van der Waals surface area (Å²) in [5.74, 6) is 0.505. The quantitative estimate of drug-likeness (QED) is 0.743. The molecule has 0 bridgehead atoms. The lowest BCUT2D eigenvalue weighted by Crippen LogP contribution is -2.19. The van der Waals surface area contributed by atoms with Crippen LogP contribution in [0.3, 0.4) is 0 Å². The second-order valence-electron chi connectivity index (χ2n) is 5.93. The predicted molar refractivity (Wildman–Crippen MR) is 89.0 cm³/mol. The van der Waals surface area contributed by atoms with Gasteiger partial charge in [0, 0.05) is 31.1 Å². The van der Waals surface area contributed by atoms with Gasteiger partial charge < -0.3 is 0 Å². The van der Waals surface area contributed by atoms with Crippen molar-refractivity contribution in [3.05, 3.63) is 53.1 Å². The lowest BCUT2D eigenvalue weighted by molar-refractivity contribution is 0.326. The van der Waals surface area contributed by atoms with E-state index in [1.807, 2.05) is 17.5 Å². The van der Waals surface area contributed by atoms with Crippen molar-refractivity contribution < 1.29 is 0 Å². The molecule has 0 saturated carbocycles. The SMILES string of the molecule is Cc1ccc2sc(CN3CCC(c4cnccn4)C3)nc2c1. The van der Waals surface area contributed by atoms with E-state index in [0.29, 0.717) is 5.92 Å². The minimum absolute atomic E-state index is 0.505. The molecule has 1 saturated heterocycles. The third-order valence-electron chi connectivity index (χ3n) is 4.22. The molecule has 3 aromatic rings. The van der Waals surface area contributed by atoms with Gasteiger partial charge in [-0.15, -0.1) is 11.3 Å². The van der Waals surface area contributed by atoms with E-state index in [0.717, 1.165) is 37.3 Å². The monoisotopic (exact) mass is 310 g/mol. The van der Waals surface area contributed by atoms with Gasteiger partial charge in [-0.05, 0) is 37.6 Å². The number of aromatic nitrogens is 3. The minimum Gasteiger partial charge on any atom is -0.296 e. The fraction of sp³-hybridized carbons (Fsp3) is 0.353. The predicted octanol–water partition coefficient (Wildman–Crippen LogP) is 3.38. The number of benzene rings is 1. The number of hydrogen-bond acceptors (Lipinski definition) is 5. The summed E-state index contributed by atoms with van der Waals surface area (Å²) < 4.78 is 1.28. The number of hydrogen-bond donors (Lipinski definition) is 0. The van der Waals surface area contributed by atoms with Gasteiger partial charge in [0.1, 0.15) is 5.01 Å². The normalized spacial score (nSPS) is 19.0. The Bertz CT molecular complexity index is 784. The van der Waals surface area contributed by atoms with Crippen LogP contribution < -0.4 is 0 Å². The van der Waals surface area contributed by atoms with Crippen molar-refractivity contribution in [3.63, 3.8) is 0 Å². The second kappa shape index (κ2) is 5.74. The molecule has 3 heterocycles. The van der Waals surface area contributed by atoms with Crippen LogP contribution in [0.2, 0.25) is 0 Å². The number of aryl methyl sites for hydroxylation is 1. The maximum atomic E-state index is 4.78. The summed E-state index contributed by atoms with van der Waals surface area (Å²) in [6.45, 7) is 5.21. The summed E-state index contributed by atoms with van der Waals surface area (Å²) in [5.41, 5.74) is 3.52. The molecule has 0 spiro atoms. The van der Waals surface area contributed by atoms with Crippen molar-refractivity contribution >= 4 is 21.6 Å². The van der Waals surface area contributed by atoms with Crippen molar-refractivity contribution in [1.29, 1.82) is 0 Å². The molecule has 2 aromatic heterocycles. The van der Waals surface area contributed by atoms with E-state index in [2.05, 4.69) is 40.0 Å². The summed E-state index contributed by atoms with van der Waals surface area (Å²) in [7, 11) is 0. The van der Waals surface area contributed by atoms with Crippen LogP contribution in [-0.2, 0) is 6.54 Å². The van der Waals surface area contributed by atoms with Crippen LogP contribution in [-0.4, -0.2) is 32.9 Å². The zero-order chi connectivity index (χ0) is 14.9. The van der Waals surface area contributed by atoms with Crippen LogP contribution in [0.25, 0.3) is 10.2 Å². The van der Waals surface area contributed by atoms with Gasteiger partial charge in [-0.2, -0.15) is 0 Å². The molecule has 4 rings (SSSR count). The molecule has 1 fully saturated rings. The van der Waals surface area contributed by atoms with Gasteiger partial charge in [-0.25, -0.2) is 4.98 Å². The highest BCUT2D eigenvalue weighted by Crippen LogP contribution is 2.29. The summed E-state index contributed by atoms with van der Waals surface area (Å²) >= 11 is 1.81. The first-order valence-electron chi connectivity index (χ1n) is 7.62. The van der Waals surface area contributed by atoms with Crippen molar-refractivity contribution in [1.82, 2.24) is 19.9 Å². The molecule has 1 atom stereocenters. The average molecular weight is 310 g/mol. The molecule has 1 aromatic carbocycles. The molecular formula is C17H18N4S. The van der Waals surface area contributed by atoms with Gasteiger partial charge in [0.2, 0.25) is 0 Å². The summed E-state index contributed by atoms with van der Waals surface area (Å²) in [6.07, 6.45) is 6.57. The first-order valence-corrected chi connectivity index (χ1v) is 8.44. The summed E-state index contributed by atoms with van der Waals surface area (Å²) in [6, 6.07) is 6.50. The lowest BCUT2D eigenvalue weighted by atomic mass is 10.1. The van der Waals surface area contributed by atoms with E-state index in [1.54, 1.807) is 12.4 Å². The van der Waals surface area contributed by atoms with Crippen LogP contribution in [0.5, 0.6) is 0 Å². The number of nitrogens with zero attached hydrogens (tertiary/aromatic N) is 4. The average Bonchev–Trinajstić information content (AvgIpc) is 3.14. The van der Waals surface area contributed by atoms with E-state index in [1.165, 1.54) is 15.3 Å². The first kappa shape index (κ1) is 13.8. The van der Waals surface area contributed by atoms with E-state index in [-0.39, 0.29) is 0 Å². The highest BCUT2D eigenvalue weighted by Gasteiger charge is 2.25. The largest absolute Gasteiger partial charge is 0.296 e. The molecule has 4 nitrogen and oxygen atoms in total. The summed E-state index contributed by atoms with van der Waals surface area (Å²) in [4.78, 5) is 15.9. The number of rotatable bonds is 3. The minimum atomic E-state index is 0.505. The molecule has 5 heteroatoms. The van der Waals surface area contributed by atoms with Crippen LogP contribution >= 0.6 is 11.3 Å². The van der Waals surface area contributed by atoms with Gasteiger partial charge in [0.05, 0.1) is 22.5 Å². The molecule has 0 aliphatic carbocycles. The van der Waals surface area contributed by atoms with Crippen molar-refractivity contribution in [2.45, 2.75) is 25.8 Å². The molecule has 1 unspecified atom stereocenters. The van der Waals surface area contributed by atoms with Crippen LogP contribution in [0.15, 0.2) is 36.8 Å². The van der Waals surface area contributed by atoms with Gasteiger partial charge >= 0.3 is 0 Å². The highest BCUT2D eigenvalue weighted by atomic mass is 32.1. The molecule has 22 heavy (non-hydrogen) atoms. The Morgan fingerprint density at radius 1 is 1.32 bits per heavy atom. The third-order valence-corrected chi connectivity index (χ3v) is 5.24. The van der Waals surface area contributed by atoms with Crippen LogP contribution in [0, 0.1) is 6.92 Å². The second-order valence-corrected chi connectivity index (χ2v) is 7.04. The number of thiazole rings is 1. The Morgan fingerprint density at radius 3 is 3.14 bits per heavy atom. The standard InChI is InChI=1S/C17H18N4S/c1-12-2-3-16-14(8-12)20-17(22-16)11-21-7-4-13(10-21)15-9-18-5-6-19-15/h2-3,5-6,8-9,13H,4,7,10-11H2,1H3. The van der Waals surface area contributed by atoms with Crippen molar-refractivity contribution in [2.75, 3.05) is 13.1 Å². The highest BCUT2D eigenvalue weighted by molar-refractivity contribution is 7.18. The molecule has 0 amide bonds. The molecule has 0 N–H and O–H groups in total. The van der Waals surface area contributed by atoms with E-state index < -0.39 is 0 Å². The first-order chi connectivity index (χ1) is 10.8. The summed E-state index contributed by atoms with van der Waals surface area (Å²) in [5, 5.41) is 1.21. The molecule has 1 aliphatic heterocycles. The smallest absolute Gasteiger partial charge is 0.108 e. The Labute approximate surface area is 133 Å². The maximum Gasteiger partial charge on any atom is 0.108 e. The Balaban J connectivity index is 1.47. The molecule has 1 aliphatic rings. The third kappa shape index (κ3) is 2.74. The maximum absolute atomic E-state index is 4.78. The van der Waals surface area contributed by atoms with Crippen LogP contribution in [0.1, 0.15) is 28.6 Å². The Morgan fingerprint density at radius 2 is 2.27 bits per heavy atom. The fourth-order valence-electron chi connectivity index (χ4n) is 3.08. The van der Waals surface area contributed by atoms with Crippen molar-refractivity contribution in [3.8, 4) is 0 Å². The number of fused-ring (bicyclic) bond motifs is 1. The van der Waals surface area contributed by atoms with Gasteiger partial charge in [0.25, 0.3) is 0 Å². The van der Waals surface area contributed by atoms with Gasteiger partial charge in [-0.1, -0.05) is 6.07 Å². The molecule has 112 valence electrons. The van der Waals surface area contributed by atoms with E-state index >= 15 is 0 Å². The van der Waals surface area contributed by atoms with E-state index in [9.17, 15) is 0 Å². The van der Waals surface area contributed by atoms with Gasteiger partial charge in [-0.3, -0.25) is 14.9 Å². The topological polar surface area (TPSA) is 41.9 Å². The zero-order valence-electron chi connectivity index (χ0n) is 12.6. The zero-order valence-corrected chi connectivity index (χ0v) is 13.4. The Hall–Kier alpha value is -1.85. The lowest BCUT2D eigenvalue weighted by Gasteiger charge is -2.13.